The van der Waals surface area contributed by atoms with E-state index in [1.54, 1.807) is 18.2 Å². The van der Waals surface area contributed by atoms with Crippen molar-refractivity contribution in [3.05, 3.63) is 34.7 Å². The largest absolute Gasteiger partial charge is 0.307 e. The first-order valence-corrected chi connectivity index (χ1v) is 8.03. The molecule has 0 unspecified atom stereocenters. The van der Waals surface area contributed by atoms with Crippen molar-refractivity contribution in [3.8, 4) is 0 Å². The summed E-state index contributed by atoms with van der Waals surface area (Å²) in [6.07, 6.45) is 2.82. The first kappa shape index (κ1) is 13.3. The van der Waals surface area contributed by atoms with E-state index in [0.717, 1.165) is 11.8 Å². The minimum Gasteiger partial charge on any atom is -0.307 e. The van der Waals surface area contributed by atoms with E-state index in [1.807, 2.05) is 0 Å². The third-order valence-corrected chi connectivity index (χ3v) is 4.54. The molecule has 0 saturated carbocycles. The van der Waals surface area contributed by atoms with Gasteiger partial charge in [-0.05, 0) is 23.8 Å². The van der Waals surface area contributed by atoms with Crippen molar-refractivity contribution in [2.24, 2.45) is 0 Å². The molecule has 94 valence electrons. The van der Waals surface area contributed by atoms with Crippen LogP contribution in [0.2, 0.25) is 0 Å². The van der Waals surface area contributed by atoms with Crippen LogP contribution in [0.1, 0.15) is 5.56 Å². The SMILES string of the molecule is CS(=O)(=O)c1ccc(/C=C2\SC(=S)NC2=O)cc1. The van der Waals surface area contributed by atoms with E-state index in [1.165, 1.54) is 23.9 Å². The van der Waals surface area contributed by atoms with Crippen LogP contribution in [0, 0.1) is 0 Å². The Morgan fingerprint density at radius 2 is 1.89 bits per heavy atom. The number of sulfone groups is 1. The first-order chi connectivity index (χ1) is 8.36. The molecule has 0 aliphatic carbocycles. The molecule has 18 heavy (non-hydrogen) atoms. The van der Waals surface area contributed by atoms with Crippen molar-refractivity contribution in [1.29, 1.82) is 0 Å². The number of hydrogen-bond acceptors (Lipinski definition) is 5. The Labute approximate surface area is 114 Å². The lowest BCUT2D eigenvalue weighted by Gasteiger charge is -1.99. The molecule has 1 N–H and O–H groups in total. The molecular formula is C11H9NO3S3. The molecule has 0 bridgehead atoms. The van der Waals surface area contributed by atoms with E-state index in [-0.39, 0.29) is 10.8 Å². The molecule has 0 spiro atoms. The minimum absolute atomic E-state index is 0.225. The zero-order valence-corrected chi connectivity index (χ0v) is 11.8. The lowest BCUT2D eigenvalue weighted by molar-refractivity contribution is -0.115. The molecule has 1 aliphatic heterocycles. The fraction of sp³-hybridized carbons (Fsp3) is 0.0909. The summed E-state index contributed by atoms with van der Waals surface area (Å²) >= 11 is 6.06. The van der Waals surface area contributed by atoms with Gasteiger partial charge >= 0.3 is 0 Å². The highest BCUT2D eigenvalue weighted by molar-refractivity contribution is 8.26. The van der Waals surface area contributed by atoms with E-state index < -0.39 is 9.84 Å². The van der Waals surface area contributed by atoms with Crippen molar-refractivity contribution in [2.75, 3.05) is 6.26 Å². The number of carbonyl (C=O) groups excluding carboxylic acids is 1. The molecule has 0 radical (unpaired) electrons. The minimum atomic E-state index is -3.19. The van der Waals surface area contributed by atoms with Gasteiger partial charge in [0.05, 0.1) is 9.80 Å². The van der Waals surface area contributed by atoms with Crippen LogP contribution in [-0.2, 0) is 14.6 Å². The van der Waals surface area contributed by atoms with E-state index in [9.17, 15) is 13.2 Å². The molecule has 4 nitrogen and oxygen atoms in total. The summed E-state index contributed by atoms with van der Waals surface area (Å²) in [7, 11) is -3.19. The summed E-state index contributed by atoms with van der Waals surface area (Å²) in [5, 5.41) is 2.51. The van der Waals surface area contributed by atoms with Gasteiger partial charge in [0.1, 0.15) is 4.32 Å². The van der Waals surface area contributed by atoms with Gasteiger partial charge in [0.25, 0.3) is 5.91 Å². The van der Waals surface area contributed by atoms with Gasteiger partial charge in [0, 0.05) is 6.26 Å². The molecule has 1 aliphatic rings. The quantitative estimate of drug-likeness (QED) is 0.663. The molecule has 2 rings (SSSR count). The van der Waals surface area contributed by atoms with Crippen molar-refractivity contribution in [3.63, 3.8) is 0 Å². The average molecular weight is 299 g/mol. The predicted molar refractivity (Wildman–Crippen MR) is 75.9 cm³/mol. The van der Waals surface area contributed by atoms with Crippen molar-refractivity contribution < 1.29 is 13.2 Å². The molecular weight excluding hydrogens is 290 g/mol. The predicted octanol–water partition coefficient (Wildman–Crippen LogP) is 1.58. The molecule has 0 aromatic heterocycles. The van der Waals surface area contributed by atoms with E-state index in [4.69, 9.17) is 12.2 Å². The number of hydrogen-bond donors (Lipinski definition) is 1. The highest BCUT2D eigenvalue weighted by atomic mass is 32.2. The highest BCUT2D eigenvalue weighted by Gasteiger charge is 2.21. The molecule has 1 saturated heterocycles. The zero-order chi connectivity index (χ0) is 13.3. The Hall–Kier alpha value is -1.18. The number of thiocarbonyl (C=S) groups is 1. The van der Waals surface area contributed by atoms with Gasteiger partial charge in [-0.3, -0.25) is 4.79 Å². The van der Waals surface area contributed by atoms with Crippen LogP contribution in [0.5, 0.6) is 0 Å². The van der Waals surface area contributed by atoms with Crippen LogP contribution in [-0.4, -0.2) is 24.9 Å². The van der Waals surface area contributed by atoms with Crippen LogP contribution >= 0.6 is 24.0 Å². The summed E-state index contributed by atoms with van der Waals surface area (Å²) in [5.74, 6) is -0.225. The zero-order valence-electron chi connectivity index (χ0n) is 9.34. The Morgan fingerprint density at radius 3 is 2.33 bits per heavy atom. The van der Waals surface area contributed by atoms with Crippen LogP contribution in [0.4, 0.5) is 0 Å². The summed E-state index contributed by atoms with van der Waals surface area (Å²) in [5.41, 5.74) is 0.754. The Balaban J connectivity index is 2.29. The first-order valence-electron chi connectivity index (χ1n) is 4.91. The number of benzene rings is 1. The Kier molecular flexibility index (Phi) is 3.56. The number of amides is 1. The van der Waals surface area contributed by atoms with Gasteiger partial charge in [0.2, 0.25) is 0 Å². The fourth-order valence-electron chi connectivity index (χ4n) is 1.38. The molecule has 0 atom stereocenters. The lowest BCUT2D eigenvalue weighted by Crippen LogP contribution is -2.17. The Bertz CT molecular complexity index is 645. The van der Waals surface area contributed by atoms with Gasteiger partial charge < -0.3 is 5.32 Å². The Morgan fingerprint density at radius 1 is 1.28 bits per heavy atom. The van der Waals surface area contributed by atoms with E-state index in [0.29, 0.717) is 9.23 Å². The normalized spacial score (nSPS) is 18.2. The van der Waals surface area contributed by atoms with Crippen molar-refractivity contribution >= 4 is 50.1 Å². The second-order valence-corrected chi connectivity index (χ2v) is 7.43. The second kappa shape index (κ2) is 4.83. The third-order valence-electron chi connectivity index (χ3n) is 2.25. The van der Waals surface area contributed by atoms with Crippen molar-refractivity contribution in [1.82, 2.24) is 5.32 Å². The van der Waals surface area contributed by atoms with E-state index >= 15 is 0 Å². The topological polar surface area (TPSA) is 63.2 Å². The lowest BCUT2D eigenvalue weighted by atomic mass is 10.2. The number of thioether (sulfide) groups is 1. The van der Waals surface area contributed by atoms with Gasteiger partial charge in [-0.15, -0.1) is 0 Å². The maximum Gasteiger partial charge on any atom is 0.263 e. The fourth-order valence-corrected chi connectivity index (χ4v) is 3.06. The molecule has 1 amide bonds. The van der Waals surface area contributed by atoms with Crippen LogP contribution in [0.25, 0.3) is 6.08 Å². The summed E-state index contributed by atoms with van der Waals surface area (Å²) < 4.78 is 23.0. The van der Waals surface area contributed by atoms with Crippen LogP contribution in [0.15, 0.2) is 34.1 Å². The second-order valence-electron chi connectivity index (χ2n) is 3.69. The highest BCUT2D eigenvalue weighted by Crippen LogP contribution is 2.26. The summed E-state index contributed by atoms with van der Waals surface area (Å²) in [4.78, 5) is 12.2. The maximum atomic E-state index is 11.4. The number of rotatable bonds is 2. The third kappa shape index (κ3) is 2.98. The summed E-state index contributed by atoms with van der Waals surface area (Å²) in [6.45, 7) is 0. The molecule has 1 heterocycles. The standard InChI is InChI=1S/C11H9NO3S3/c1-18(14,15)8-4-2-7(3-5-8)6-9-10(13)12-11(16)17-9/h2-6H,1H3,(H,12,13,16)/b9-6-. The van der Waals surface area contributed by atoms with Crippen molar-refractivity contribution in [2.45, 2.75) is 4.90 Å². The van der Waals surface area contributed by atoms with Gasteiger partial charge in [-0.2, -0.15) is 0 Å². The number of carbonyl (C=O) groups is 1. The smallest absolute Gasteiger partial charge is 0.263 e. The van der Waals surface area contributed by atoms with E-state index in [2.05, 4.69) is 5.32 Å². The van der Waals surface area contributed by atoms with Gasteiger partial charge in [-0.1, -0.05) is 36.1 Å². The molecule has 1 aromatic carbocycles. The molecule has 1 aromatic rings. The number of nitrogens with one attached hydrogen (secondary N) is 1. The monoisotopic (exact) mass is 299 g/mol. The molecule has 7 heteroatoms. The average Bonchev–Trinajstić information content (AvgIpc) is 2.57. The molecule has 1 fully saturated rings. The van der Waals surface area contributed by atoms with Crippen LogP contribution in [0.3, 0.4) is 0 Å². The van der Waals surface area contributed by atoms with Gasteiger partial charge in [0.15, 0.2) is 9.84 Å². The maximum absolute atomic E-state index is 11.4. The summed E-state index contributed by atoms with van der Waals surface area (Å²) in [6, 6.07) is 6.33. The van der Waals surface area contributed by atoms with Crippen LogP contribution < -0.4 is 5.32 Å². The van der Waals surface area contributed by atoms with Gasteiger partial charge in [-0.25, -0.2) is 8.42 Å².